The normalized spacial score (nSPS) is 11.4. The number of imidazole rings is 2. The highest BCUT2D eigenvalue weighted by Gasteiger charge is 2.18. The second kappa shape index (κ2) is 17.1. The minimum atomic E-state index is 0.557. The van der Waals surface area contributed by atoms with E-state index < -0.39 is 0 Å². The molecule has 8 nitrogen and oxygen atoms in total. The van der Waals surface area contributed by atoms with Crippen molar-refractivity contribution in [2.24, 2.45) is 0 Å². The fraction of sp³-hybridized carbons (Fsp3) is 0.405. The molecule has 0 atom stereocenters. The number of nitrogens with zero attached hydrogens (tertiary/aromatic N) is 5. The summed E-state index contributed by atoms with van der Waals surface area (Å²) in [7, 11) is 0. The first-order valence-electron chi connectivity index (χ1n) is 16.5. The summed E-state index contributed by atoms with van der Waals surface area (Å²) in [6.45, 7) is 13.0. The molecule has 0 saturated heterocycles. The first kappa shape index (κ1) is 33.4. The summed E-state index contributed by atoms with van der Waals surface area (Å²) in [6.07, 6.45) is 9.37. The summed E-state index contributed by atoms with van der Waals surface area (Å²) in [6, 6.07) is 20.2. The monoisotopic (exact) mass is 643 g/mol. The number of hydrogen-bond acceptors (Lipinski definition) is 6. The van der Waals surface area contributed by atoms with Gasteiger partial charge in [0.05, 0.1) is 42.7 Å². The zero-order valence-electron chi connectivity index (χ0n) is 27.3. The van der Waals surface area contributed by atoms with Crippen molar-refractivity contribution < 1.29 is 14.2 Å². The number of unbranched alkanes of at least 4 members (excludes halogenated alkanes) is 1. The van der Waals surface area contributed by atoms with Crippen LogP contribution in [0.15, 0.2) is 79.4 Å². The number of benzene rings is 3. The van der Waals surface area contributed by atoms with Gasteiger partial charge in [-0.3, -0.25) is 0 Å². The van der Waals surface area contributed by atoms with Gasteiger partial charge in [-0.15, -0.1) is 0 Å². The van der Waals surface area contributed by atoms with Gasteiger partial charge in [-0.1, -0.05) is 50.9 Å². The van der Waals surface area contributed by atoms with E-state index in [1.165, 1.54) is 5.56 Å². The predicted molar refractivity (Wildman–Crippen MR) is 186 cm³/mol. The zero-order chi connectivity index (χ0) is 32.1. The van der Waals surface area contributed by atoms with Crippen LogP contribution in [0.5, 0.6) is 17.2 Å². The van der Waals surface area contributed by atoms with Crippen LogP contribution in [0.25, 0.3) is 22.4 Å². The second-order valence-corrected chi connectivity index (χ2v) is 11.8. The van der Waals surface area contributed by atoms with Crippen LogP contribution in [0, 0.1) is 0 Å². The molecule has 0 saturated carbocycles. The van der Waals surface area contributed by atoms with Gasteiger partial charge in [0.25, 0.3) is 0 Å². The summed E-state index contributed by atoms with van der Waals surface area (Å²) in [5.41, 5.74) is 4.13. The van der Waals surface area contributed by atoms with Gasteiger partial charge in [0, 0.05) is 49.1 Å². The molecule has 2 heterocycles. The molecule has 0 amide bonds. The van der Waals surface area contributed by atoms with Crippen LogP contribution in [0.1, 0.15) is 45.6 Å². The average Bonchev–Trinajstić information content (AvgIpc) is 3.73. The Balaban J connectivity index is 1.39. The summed E-state index contributed by atoms with van der Waals surface area (Å²) in [5.74, 6) is 3.29. The Morgan fingerprint density at radius 1 is 0.804 bits per heavy atom. The molecule has 244 valence electrons. The molecule has 2 aromatic heterocycles. The summed E-state index contributed by atoms with van der Waals surface area (Å²) < 4.78 is 23.2. The maximum absolute atomic E-state index is 6.51. The van der Waals surface area contributed by atoms with E-state index >= 15 is 0 Å². The molecular formula is C37H46ClN5O3. The van der Waals surface area contributed by atoms with E-state index in [2.05, 4.69) is 47.4 Å². The van der Waals surface area contributed by atoms with Gasteiger partial charge in [-0.05, 0) is 67.9 Å². The van der Waals surface area contributed by atoms with Crippen molar-refractivity contribution in [3.05, 3.63) is 90.0 Å². The lowest BCUT2D eigenvalue weighted by molar-refractivity contribution is 0.248. The van der Waals surface area contributed by atoms with Crippen LogP contribution in [0.4, 0.5) is 0 Å². The lowest BCUT2D eigenvalue weighted by atomic mass is 10.1. The molecular weight excluding hydrogens is 598 g/mol. The second-order valence-electron chi connectivity index (χ2n) is 11.4. The van der Waals surface area contributed by atoms with E-state index in [1.807, 2.05) is 59.3 Å². The van der Waals surface area contributed by atoms with Crippen LogP contribution in [0.3, 0.4) is 0 Å². The van der Waals surface area contributed by atoms with E-state index in [4.69, 9.17) is 30.8 Å². The quantitative estimate of drug-likeness (QED) is 0.0846. The van der Waals surface area contributed by atoms with Gasteiger partial charge < -0.3 is 28.2 Å². The maximum atomic E-state index is 6.51. The van der Waals surface area contributed by atoms with Crippen LogP contribution >= 0.6 is 11.6 Å². The number of aryl methyl sites for hydroxylation is 1. The molecule has 46 heavy (non-hydrogen) atoms. The third-order valence-electron chi connectivity index (χ3n) is 8.17. The first-order chi connectivity index (χ1) is 22.6. The molecule has 0 spiro atoms. The standard InChI is InChI=1S/C37H46ClN5O3/c1-4-7-20-43-35-26-31(45-25-22-42-21-18-39-28-42)14-16-34(35)40-37(43)33-15-13-32(44-24-17-29-9-11-30(38)12-10-29)27-36(33)46-23-8-19-41(5-2)6-3/h9-16,18,21,26-28H,4-8,17,19-20,22-25H2,1-3H3. The molecule has 0 N–H and O–H groups in total. The predicted octanol–water partition coefficient (Wildman–Crippen LogP) is 8.16. The molecule has 0 unspecified atom stereocenters. The minimum Gasteiger partial charge on any atom is -0.493 e. The Labute approximate surface area is 277 Å². The molecule has 5 rings (SSSR count). The van der Waals surface area contributed by atoms with Gasteiger partial charge in [0.15, 0.2) is 0 Å². The van der Waals surface area contributed by atoms with Crippen molar-refractivity contribution in [2.75, 3.05) is 39.5 Å². The van der Waals surface area contributed by atoms with Gasteiger partial charge in [-0.2, -0.15) is 0 Å². The minimum absolute atomic E-state index is 0.557. The summed E-state index contributed by atoms with van der Waals surface area (Å²) in [5, 5.41) is 0.738. The first-order valence-corrected chi connectivity index (χ1v) is 16.9. The number of hydrogen-bond donors (Lipinski definition) is 0. The molecule has 0 fully saturated rings. The Bertz CT molecular complexity index is 1630. The average molecular weight is 644 g/mol. The molecule has 0 aliphatic carbocycles. The third-order valence-corrected chi connectivity index (χ3v) is 8.42. The van der Waals surface area contributed by atoms with E-state index in [0.29, 0.717) is 19.8 Å². The van der Waals surface area contributed by atoms with Crippen molar-refractivity contribution >= 4 is 22.6 Å². The summed E-state index contributed by atoms with van der Waals surface area (Å²) in [4.78, 5) is 11.7. The lowest BCUT2D eigenvalue weighted by Gasteiger charge is -2.19. The van der Waals surface area contributed by atoms with Gasteiger partial charge in [0.2, 0.25) is 0 Å². The van der Waals surface area contributed by atoms with Crippen LogP contribution in [-0.2, 0) is 19.5 Å². The molecule has 0 aliphatic rings. The van der Waals surface area contributed by atoms with Crippen LogP contribution < -0.4 is 14.2 Å². The zero-order valence-corrected chi connectivity index (χ0v) is 28.1. The van der Waals surface area contributed by atoms with Gasteiger partial charge in [0.1, 0.15) is 29.7 Å². The van der Waals surface area contributed by atoms with Crippen molar-refractivity contribution in [1.82, 2.24) is 24.0 Å². The van der Waals surface area contributed by atoms with Crippen molar-refractivity contribution in [3.63, 3.8) is 0 Å². The molecule has 0 bridgehead atoms. The Kier molecular flexibility index (Phi) is 12.4. The number of fused-ring (bicyclic) bond motifs is 1. The van der Waals surface area contributed by atoms with Crippen molar-refractivity contribution in [3.8, 4) is 28.6 Å². The molecule has 3 aromatic carbocycles. The van der Waals surface area contributed by atoms with Crippen LogP contribution in [0.2, 0.25) is 5.02 Å². The van der Waals surface area contributed by atoms with Gasteiger partial charge >= 0.3 is 0 Å². The summed E-state index contributed by atoms with van der Waals surface area (Å²) >= 11 is 6.06. The molecule has 5 aromatic rings. The largest absolute Gasteiger partial charge is 0.493 e. The van der Waals surface area contributed by atoms with E-state index in [0.717, 1.165) is 103 Å². The maximum Gasteiger partial charge on any atom is 0.144 e. The molecule has 0 radical (unpaired) electrons. The number of aromatic nitrogens is 4. The fourth-order valence-corrected chi connectivity index (χ4v) is 5.60. The van der Waals surface area contributed by atoms with E-state index in [-0.39, 0.29) is 0 Å². The lowest BCUT2D eigenvalue weighted by Crippen LogP contribution is -2.25. The topological polar surface area (TPSA) is 66.6 Å². The highest BCUT2D eigenvalue weighted by atomic mass is 35.5. The highest BCUT2D eigenvalue weighted by Crippen LogP contribution is 2.36. The van der Waals surface area contributed by atoms with Crippen LogP contribution in [-0.4, -0.2) is 63.5 Å². The number of ether oxygens (including phenoxy) is 3. The Morgan fingerprint density at radius 3 is 2.35 bits per heavy atom. The third kappa shape index (κ3) is 9.04. The van der Waals surface area contributed by atoms with E-state index in [1.54, 1.807) is 12.5 Å². The SMILES string of the molecule is CCCCn1c(-c2ccc(OCCc3ccc(Cl)cc3)cc2OCCCN(CC)CC)nc2ccc(OCCn3ccnc3)cc21. The molecule has 9 heteroatoms. The smallest absolute Gasteiger partial charge is 0.144 e. The Morgan fingerprint density at radius 2 is 1.59 bits per heavy atom. The van der Waals surface area contributed by atoms with Crippen molar-refractivity contribution in [1.29, 1.82) is 0 Å². The van der Waals surface area contributed by atoms with Crippen molar-refractivity contribution in [2.45, 2.75) is 59.5 Å². The Hall–Kier alpha value is -4.01. The number of halogens is 1. The number of rotatable bonds is 19. The highest BCUT2D eigenvalue weighted by molar-refractivity contribution is 6.30. The van der Waals surface area contributed by atoms with E-state index in [9.17, 15) is 0 Å². The van der Waals surface area contributed by atoms with Gasteiger partial charge in [-0.25, -0.2) is 9.97 Å². The molecule has 0 aliphatic heterocycles. The fourth-order valence-electron chi connectivity index (χ4n) is 5.47.